The van der Waals surface area contributed by atoms with E-state index in [9.17, 15) is 13.2 Å². The third-order valence-electron chi connectivity index (χ3n) is 3.38. The van der Waals surface area contributed by atoms with Crippen LogP contribution in [0.5, 0.6) is 0 Å². The first kappa shape index (κ1) is 14.3. The Bertz CT molecular complexity index is 821. The Labute approximate surface area is 126 Å². The molecular weight excluding hydrogens is 314 g/mol. The highest BCUT2D eigenvalue weighted by molar-refractivity contribution is 7.90. The molecule has 0 spiro atoms. The Hall–Kier alpha value is -1.66. The molecule has 1 aromatic heterocycles. The van der Waals surface area contributed by atoms with Gasteiger partial charge in [-0.15, -0.1) is 0 Å². The molecule has 0 aliphatic heterocycles. The number of rotatable bonds is 4. The highest BCUT2D eigenvalue weighted by Gasteiger charge is 2.33. The first-order chi connectivity index (χ1) is 9.88. The Morgan fingerprint density at radius 3 is 2.71 bits per heavy atom. The van der Waals surface area contributed by atoms with Crippen molar-refractivity contribution in [1.29, 1.82) is 0 Å². The molecule has 0 saturated heterocycles. The molecule has 1 saturated carbocycles. The molecular formula is C14H12ClNO4S. The van der Waals surface area contributed by atoms with E-state index < -0.39 is 9.84 Å². The van der Waals surface area contributed by atoms with Crippen molar-refractivity contribution in [3.05, 3.63) is 35.0 Å². The molecule has 2 aromatic rings. The SMILES string of the molecule is CS(=O)(=O)c1cc(-c2oncc2C(=O)C2CC2)ccc1Cl. The summed E-state index contributed by atoms with van der Waals surface area (Å²) in [6.07, 6.45) is 4.21. The van der Waals surface area contributed by atoms with E-state index in [-0.39, 0.29) is 27.4 Å². The van der Waals surface area contributed by atoms with Crippen LogP contribution >= 0.6 is 11.6 Å². The Morgan fingerprint density at radius 1 is 1.38 bits per heavy atom. The van der Waals surface area contributed by atoms with Gasteiger partial charge in [-0.1, -0.05) is 16.8 Å². The molecule has 7 heteroatoms. The van der Waals surface area contributed by atoms with Gasteiger partial charge in [0, 0.05) is 17.7 Å². The molecule has 3 rings (SSSR count). The van der Waals surface area contributed by atoms with Crippen LogP contribution in [0.3, 0.4) is 0 Å². The minimum atomic E-state index is -3.46. The summed E-state index contributed by atoms with van der Waals surface area (Å²) in [4.78, 5) is 12.2. The van der Waals surface area contributed by atoms with Crippen molar-refractivity contribution in [2.24, 2.45) is 5.92 Å². The molecule has 0 radical (unpaired) electrons. The molecule has 1 heterocycles. The van der Waals surface area contributed by atoms with E-state index in [1.54, 1.807) is 6.07 Å². The molecule has 0 atom stereocenters. The third-order valence-corrected chi connectivity index (χ3v) is 4.96. The van der Waals surface area contributed by atoms with E-state index in [1.165, 1.54) is 18.3 Å². The van der Waals surface area contributed by atoms with E-state index in [1.807, 2.05) is 0 Å². The van der Waals surface area contributed by atoms with Gasteiger partial charge in [0.25, 0.3) is 0 Å². The molecule has 1 aliphatic carbocycles. The van der Waals surface area contributed by atoms with Crippen LogP contribution in [0.15, 0.2) is 33.8 Å². The van der Waals surface area contributed by atoms with Gasteiger partial charge in [-0.2, -0.15) is 0 Å². The largest absolute Gasteiger partial charge is 0.356 e. The summed E-state index contributed by atoms with van der Waals surface area (Å²) >= 11 is 5.91. The van der Waals surface area contributed by atoms with Gasteiger partial charge >= 0.3 is 0 Å². The molecule has 1 aromatic carbocycles. The van der Waals surface area contributed by atoms with Crippen LogP contribution in [0.25, 0.3) is 11.3 Å². The minimum Gasteiger partial charge on any atom is -0.356 e. The molecule has 5 nitrogen and oxygen atoms in total. The molecule has 1 fully saturated rings. The monoisotopic (exact) mass is 325 g/mol. The van der Waals surface area contributed by atoms with E-state index in [2.05, 4.69) is 5.16 Å². The second-order valence-corrected chi connectivity index (χ2v) is 7.52. The predicted octanol–water partition coefficient (Wildman–Crippen LogP) is 2.99. The maximum absolute atomic E-state index is 12.2. The van der Waals surface area contributed by atoms with Crippen molar-refractivity contribution in [2.45, 2.75) is 17.7 Å². The fourth-order valence-electron chi connectivity index (χ4n) is 2.12. The number of Topliss-reactive ketones (excluding diaryl/α,β-unsaturated/α-hetero) is 1. The number of nitrogens with zero attached hydrogens (tertiary/aromatic N) is 1. The zero-order chi connectivity index (χ0) is 15.2. The van der Waals surface area contributed by atoms with Gasteiger partial charge in [0.1, 0.15) is 0 Å². The van der Waals surface area contributed by atoms with E-state index >= 15 is 0 Å². The van der Waals surface area contributed by atoms with Crippen molar-refractivity contribution >= 4 is 27.2 Å². The molecule has 0 amide bonds. The average Bonchev–Trinajstić information content (AvgIpc) is 3.15. The van der Waals surface area contributed by atoms with Crippen LogP contribution in [-0.2, 0) is 9.84 Å². The lowest BCUT2D eigenvalue weighted by atomic mass is 10.0. The third kappa shape index (κ3) is 2.73. The number of carbonyl (C=O) groups excluding carboxylic acids is 1. The summed E-state index contributed by atoms with van der Waals surface area (Å²) < 4.78 is 28.6. The van der Waals surface area contributed by atoms with Gasteiger partial charge in [0.05, 0.1) is 21.7 Å². The van der Waals surface area contributed by atoms with E-state index in [4.69, 9.17) is 16.1 Å². The molecule has 0 N–H and O–H groups in total. The van der Waals surface area contributed by atoms with Gasteiger partial charge in [0.15, 0.2) is 21.4 Å². The maximum atomic E-state index is 12.2. The highest BCUT2D eigenvalue weighted by atomic mass is 35.5. The normalized spacial score (nSPS) is 15.1. The fraction of sp³-hybridized carbons (Fsp3) is 0.286. The lowest BCUT2D eigenvalue weighted by Gasteiger charge is -2.05. The van der Waals surface area contributed by atoms with Gasteiger partial charge in [-0.05, 0) is 31.0 Å². The smallest absolute Gasteiger partial charge is 0.177 e. The van der Waals surface area contributed by atoms with Gasteiger partial charge in [-0.25, -0.2) is 8.42 Å². The lowest BCUT2D eigenvalue weighted by Crippen LogP contribution is -2.02. The summed E-state index contributed by atoms with van der Waals surface area (Å²) in [5.74, 6) is 0.306. The number of halogens is 1. The predicted molar refractivity (Wildman–Crippen MR) is 77.1 cm³/mol. The highest BCUT2D eigenvalue weighted by Crippen LogP contribution is 2.36. The Morgan fingerprint density at radius 2 is 2.10 bits per heavy atom. The topological polar surface area (TPSA) is 77.2 Å². The first-order valence-electron chi connectivity index (χ1n) is 6.37. The second kappa shape index (κ2) is 4.96. The second-order valence-electron chi connectivity index (χ2n) is 5.12. The van der Waals surface area contributed by atoms with Gasteiger partial charge in [-0.3, -0.25) is 4.79 Å². The zero-order valence-electron chi connectivity index (χ0n) is 11.2. The molecule has 0 unspecified atom stereocenters. The fourth-order valence-corrected chi connectivity index (χ4v) is 3.42. The summed E-state index contributed by atoms with van der Waals surface area (Å²) in [7, 11) is -3.46. The van der Waals surface area contributed by atoms with Crippen LogP contribution in [0.2, 0.25) is 5.02 Å². The number of ketones is 1. The van der Waals surface area contributed by atoms with Crippen molar-refractivity contribution in [3.8, 4) is 11.3 Å². The Balaban J connectivity index is 2.10. The number of carbonyl (C=O) groups is 1. The standard InChI is InChI=1S/C14H12ClNO4S/c1-21(18,19)12-6-9(4-5-11(12)15)14-10(7-16-20-14)13(17)8-2-3-8/h4-8H,2-3H2,1H3. The number of benzene rings is 1. The number of hydrogen-bond donors (Lipinski definition) is 0. The van der Waals surface area contributed by atoms with Gasteiger partial charge in [0.2, 0.25) is 0 Å². The van der Waals surface area contributed by atoms with Crippen LogP contribution in [-0.4, -0.2) is 25.6 Å². The first-order valence-corrected chi connectivity index (χ1v) is 8.63. The molecule has 0 bridgehead atoms. The minimum absolute atomic E-state index is 0.00267. The zero-order valence-corrected chi connectivity index (χ0v) is 12.7. The number of sulfone groups is 1. The van der Waals surface area contributed by atoms with Crippen molar-refractivity contribution in [3.63, 3.8) is 0 Å². The maximum Gasteiger partial charge on any atom is 0.177 e. The number of aromatic nitrogens is 1. The van der Waals surface area contributed by atoms with Gasteiger partial charge < -0.3 is 4.52 Å². The molecule has 110 valence electrons. The quantitative estimate of drug-likeness (QED) is 0.807. The van der Waals surface area contributed by atoms with E-state index in [0.29, 0.717) is 11.1 Å². The molecule has 1 aliphatic rings. The number of hydrogen-bond acceptors (Lipinski definition) is 5. The summed E-state index contributed by atoms with van der Waals surface area (Å²) in [6.45, 7) is 0. The van der Waals surface area contributed by atoms with Crippen molar-refractivity contribution in [1.82, 2.24) is 5.16 Å². The summed E-state index contributed by atoms with van der Waals surface area (Å²) in [5, 5.41) is 3.80. The van der Waals surface area contributed by atoms with E-state index in [0.717, 1.165) is 19.1 Å². The van der Waals surface area contributed by atoms with Crippen LogP contribution in [0.4, 0.5) is 0 Å². The van der Waals surface area contributed by atoms with Crippen LogP contribution in [0.1, 0.15) is 23.2 Å². The van der Waals surface area contributed by atoms with Crippen molar-refractivity contribution < 1.29 is 17.7 Å². The lowest BCUT2D eigenvalue weighted by molar-refractivity contribution is 0.0968. The van der Waals surface area contributed by atoms with Crippen LogP contribution in [0, 0.1) is 5.92 Å². The van der Waals surface area contributed by atoms with Crippen LogP contribution < -0.4 is 0 Å². The summed E-state index contributed by atoms with van der Waals surface area (Å²) in [6, 6.07) is 4.49. The summed E-state index contributed by atoms with van der Waals surface area (Å²) in [5.41, 5.74) is 0.862. The molecule has 21 heavy (non-hydrogen) atoms. The average molecular weight is 326 g/mol. The van der Waals surface area contributed by atoms with Crippen molar-refractivity contribution in [2.75, 3.05) is 6.26 Å². The Kier molecular flexibility index (Phi) is 3.37.